The van der Waals surface area contributed by atoms with Crippen LogP contribution in [0.5, 0.6) is 0 Å². The minimum absolute atomic E-state index is 0.472. The van der Waals surface area contributed by atoms with Gasteiger partial charge in [-0.15, -0.1) is 12.3 Å². The molecule has 0 bridgehead atoms. The molecule has 0 N–H and O–H groups in total. The van der Waals surface area contributed by atoms with E-state index < -0.39 is 0 Å². The van der Waals surface area contributed by atoms with Crippen molar-refractivity contribution in [3.8, 4) is 12.3 Å². The molecule has 0 amide bonds. The van der Waals surface area contributed by atoms with Gasteiger partial charge >= 0.3 is 0 Å². The zero-order chi connectivity index (χ0) is 10.9. The molecule has 1 rings (SSSR count). The van der Waals surface area contributed by atoms with Crippen molar-refractivity contribution in [1.82, 2.24) is 0 Å². The molecule has 15 heavy (non-hydrogen) atoms. The Morgan fingerprint density at radius 1 is 1.33 bits per heavy atom. The molecule has 1 aromatic heterocycles. The fourth-order valence-corrected chi connectivity index (χ4v) is 2.28. The van der Waals surface area contributed by atoms with Crippen LogP contribution in [0.15, 0.2) is 16.5 Å². The molecule has 0 atom stereocenters. The van der Waals surface area contributed by atoms with Crippen molar-refractivity contribution in [2.24, 2.45) is 0 Å². The van der Waals surface area contributed by atoms with Crippen LogP contribution in [-0.4, -0.2) is 5.75 Å². The van der Waals surface area contributed by atoms with Gasteiger partial charge in [0.25, 0.3) is 0 Å². The van der Waals surface area contributed by atoms with Crippen molar-refractivity contribution in [1.29, 1.82) is 0 Å². The average Bonchev–Trinajstić information content (AvgIpc) is 2.63. The first-order chi connectivity index (χ1) is 7.33. The zero-order valence-electron chi connectivity index (χ0n) is 8.67. The van der Waals surface area contributed by atoms with E-state index in [9.17, 15) is 0 Å². The van der Waals surface area contributed by atoms with Crippen LogP contribution in [0, 0.1) is 12.3 Å². The van der Waals surface area contributed by atoms with Crippen LogP contribution in [0.2, 0.25) is 5.22 Å². The molecule has 0 aromatic carbocycles. The number of hydrogen-bond acceptors (Lipinski definition) is 2. The summed E-state index contributed by atoms with van der Waals surface area (Å²) in [6.45, 7) is 0. The largest absolute Gasteiger partial charge is 0.449 e. The lowest BCUT2D eigenvalue weighted by Gasteiger charge is -1.98. The van der Waals surface area contributed by atoms with Gasteiger partial charge in [-0.2, -0.15) is 11.8 Å². The Hall–Kier alpha value is -0.520. The van der Waals surface area contributed by atoms with Crippen LogP contribution < -0.4 is 0 Å². The summed E-state index contributed by atoms with van der Waals surface area (Å²) in [6, 6.07) is 3.71. The van der Waals surface area contributed by atoms with Gasteiger partial charge in [-0.1, -0.05) is 6.42 Å². The fourth-order valence-electron chi connectivity index (χ4n) is 1.21. The monoisotopic (exact) mass is 242 g/mol. The molecular formula is C12H15ClOS. The van der Waals surface area contributed by atoms with Gasteiger partial charge in [0.1, 0.15) is 5.76 Å². The Morgan fingerprint density at radius 2 is 2.20 bits per heavy atom. The molecule has 1 heterocycles. The van der Waals surface area contributed by atoms with Crippen molar-refractivity contribution < 1.29 is 4.42 Å². The lowest BCUT2D eigenvalue weighted by Crippen LogP contribution is -1.82. The summed E-state index contributed by atoms with van der Waals surface area (Å²) in [7, 11) is 0. The molecule has 0 spiro atoms. The molecule has 1 aromatic rings. The highest BCUT2D eigenvalue weighted by atomic mass is 35.5. The van der Waals surface area contributed by atoms with Gasteiger partial charge < -0.3 is 4.42 Å². The topological polar surface area (TPSA) is 13.1 Å². The van der Waals surface area contributed by atoms with E-state index in [0.717, 1.165) is 30.1 Å². The van der Waals surface area contributed by atoms with Crippen molar-refractivity contribution in [2.75, 3.05) is 5.75 Å². The van der Waals surface area contributed by atoms with E-state index in [-0.39, 0.29) is 0 Å². The molecular weight excluding hydrogens is 228 g/mol. The summed E-state index contributed by atoms with van der Waals surface area (Å²) in [5.41, 5.74) is 0. The number of terminal acetylenes is 1. The Bertz CT molecular complexity index is 314. The molecule has 0 aliphatic carbocycles. The second-order valence-electron chi connectivity index (χ2n) is 3.27. The first-order valence-corrected chi connectivity index (χ1v) is 6.61. The van der Waals surface area contributed by atoms with Crippen LogP contribution >= 0.6 is 23.4 Å². The summed E-state index contributed by atoms with van der Waals surface area (Å²) < 4.78 is 5.25. The first kappa shape index (κ1) is 12.5. The minimum atomic E-state index is 0.472. The van der Waals surface area contributed by atoms with Crippen molar-refractivity contribution in [3.05, 3.63) is 23.1 Å². The summed E-state index contributed by atoms with van der Waals surface area (Å²) >= 11 is 7.54. The molecule has 1 nitrogen and oxygen atoms in total. The third kappa shape index (κ3) is 5.81. The standard InChI is InChI=1S/C12H15ClOS/c1-2-3-4-5-6-9-15-10-11-7-8-12(13)14-11/h1,7-8H,3-6,9-10H2. The second-order valence-corrected chi connectivity index (χ2v) is 4.75. The lowest BCUT2D eigenvalue weighted by atomic mass is 10.2. The van der Waals surface area contributed by atoms with E-state index in [1.54, 1.807) is 6.07 Å². The molecule has 0 unspecified atom stereocenters. The summed E-state index contributed by atoms with van der Waals surface area (Å²) in [5.74, 6) is 5.66. The SMILES string of the molecule is C#CCCCCCSCc1ccc(Cl)o1. The molecule has 0 radical (unpaired) electrons. The third-order valence-electron chi connectivity index (χ3n) is 1.98. The Kier molecular flexibility index (Phi) is 6.47. The molecule has 0 aliphatic heterocycles. The first-order valence-electron chi connectivity index (χ1n) is 5.08. The van der Waals surface area contributed by atoms with Gasteiger partial charge in [-0.25, -0.2) is 0 Å². The van der Waals surface area contributed by atoms with Crippen LogP contribution in [-0.2, 0) is 5.75 Å². The smallest absolute Gasteiger partial charge is 0.193 e. The quantitative estimate of drug-likeness (QED) is 0.521. The molecule has 0 saturated carbocycles. The highest BCUT2D eigenvalue weighted by molar-refractivity contribution is 7.98. The van der Waals surface area contributed by atoms with Crippen LogP contribution in [0.25, 0.3) is 0 Å². The van der Waals surface area contributed by atoms with Gasteiger partial charge in [-0.05, 0) is 42.3 Å². The Balaban J connectivity index is 1.96. The number of rotatable bonds is 7. The zero-order valence-corrected chi connectivity index (χ0v) is 10.2. The Morgan fingerprint density at radius 3 is 2.87 bits per heavy atom. The third-order valence-corrected chi connectivity index (χ3v) is 3.25. The van der Waals surface area contributed by atoms with Crippen molar-refractivity contribution in [2.45, 2.75) is 31.4 Å². The van der Waals surface area contributed by atoms with Crippen LogP contribution in [0.1, 0.15) is 31.4 Å². The van der Waals surface area contributed by atoms with Crippen LogP contribution in [0.4, 0.5) is 0 Å². The Labute approximate surface area is 101 Å². The van der Waals surface area contributed by atoms with Gasteiger partial charge in [0.15, 0.2) is 5.22 Å². The molecule has 0 fully saturated rings. The highest BCUT2D eigenvalue weighted by Crippen LogP contribution is 2.19. The number of furan rings is 1. The van der Waals surface area contributed by atoms with Crippen molar-refractivity contribution >= 4 is 23.4 Å². The van der Waals surface area contributed by atoms with E-state index in [2.05, 4.69) is 5.92 Å². The van der Waals surface area contributed by atoms with Crippen LogP contribution in [0.3, 0.4) is 0 Å². The summed E-state index contributed by atoms with van der Waals surface area (Å²) in [4.78, 5) is 0. The molecule has 82 valence electrons. The van der Waals surface area contributed by atoms with E-state index in [0.29, 0.717) is 5.22 Å². The van der Waals surface area contributed by atoms with Crippen molar-refractivity contribution in [3.63, 3.8) is 0 Å². The van der Waals surface area contributed by atoms with E-state index in [1.807, 2.05) is 17.8 Å². The van der Waals surface area contributed by atoms with Gasteiger partial charge in [0, 0.05) is 6.42 Å². The number of unbranched alkanes of at least 4 members (excludes halogenated alkanes) is 3. The summed E-state index contributed by atoms with van der Waals surface area (Å²) in [5, 5.41) is 0.472. The number of hydrogen-bond donors (Lipinski definition) is 0. The lowest BCUT2D eigenvalue weighted by molar-refractivity contribution is 0.532. The van der Waals surface area contributed by atoms with E-state index in [4.69, 9.17) is 22.4 Å². The minimum Gasteiger partial charge on any atom is -0.449 e. The van der Waals surface area contributed by atoms with E-state index in [1.165, 1.54) is 12.8 Å². The maximum Gasteiger partial charge on any atom is 0.193 e. The number of halogens is 1. The summed E-state index contributed by atoms with van der Waals surface area (Å²) in [6.07, 6.45) is 9.65. The highest BCUT2D eigenvalue weighted by Gasteiger charge is 1.99. The fraction of sp³-hybridized carbons (Fsp3) is 0.500. The van der Waals surface area contributed by atoms with Gasteiger partial charge in [0.05, 0.1) is 5.75 Å². The predicted molar refractivity (Wildman–Crippen MR) is 67.2 cm³/mol. The molecule has 0 saturated heterocycles. The maximum absolute atomic E-state index is 5.66. The average molecular weight is 243 g/mol. The molecule has 3 heteroatoms. The molecule has 0 aliphatic rings. The predicted octanol–water partition coefficient (Wildman–Crippen LogP) is 4.36. The van der Waals surface area contributed by atoms with Gasteiger partial charge in [-0.3, -0.25) is 0 Å². The maximum atomic E-state index is 5.66. The van der Waals surface area contributed by atoms with Gasteiger partial charge in [0.2, 0.25) is 0 Å². The normalized spacial score (nSPS) is 10.1. The van der Waals surface area contributed by atoms with E-state index >= 15 is 0 Å². The number of thioether (sulfide) groups is 1. The second kappa shape index (κ2) is 7.73.